The Balaban J connectivity index is 1.64. The van der Waals surface area contributed by atoms with Crippen molar-refractivity contribution >= 4 is 11.6 Å². The number of nitrogens with zero attached hydrogens (tertiary/aromatic N) is 2. The number of ether oxygens (including phenoxy) is 1. The maximum absolute atomic E-state index is 13.3. The Morgan fingerprint density at radius 1 is 1.00 bits per heavy atom. The molecule has 2 aromatic carbocycles. The van der Waals surface area contributed by atoms with Gasteiger partial charge in [0.05, 0.1) is 18.9 Å². The fourth-order valence-electron chi connectivity index (χ4n) is 4.14. The highest BCUT2D eigenvalue weighted by Crippen LogP contribution is 2.36. The fraction of sp³-hybridized carbons (Fsp3) is 0.391. The van der Waals surface area contributed by atoms with Crippen LogP contribution in [0.15, 0.2) is 59.7 Å². The van der Waals surface area contributed by atoms with Crippen molar-refractivity contribution in [3.05, 3.63) is 65.7 Å². The van der Waals surface area contributed by atoms with E-state index in [0.717, 1.165) is 54.7 Å². The van der Waals surface area contributed by atoms with E-state index in [1.165, 1.54) is 6.42 Å². The Morgan fingerprint density at radius 2 is 1.70 bits per heavy atom. The number of hydrazone groups is 1. The van der Waals surface area contributed by atoms with Crippen LogP contribution in [0.5, 0.6) is 5.75 Å². The maximum atomic E-state index is 13.3. The number of hydrogen-bond donors (Lipinski definition) is 0. The molecule has 0 spiro atoms. The molecular weight excluding hydrogens is 336 g/mol. The van der Waals surface area contributed by atoms with Gasteiger partial charge in [0.25, 0.3) is 0 Å². The summed E-state index contributed by atoms with van der Waals surface area (Å²) >= 11 is 0. The van der Waals surface area contributed by atoms with E-state index in [-0.39, 0.29) is 17.9 Å². The molecule has 1 aliphatic carbocycles. The van der Waals surface area contributed by atoms with Crippen molar-refractivity contribution < 1.29 is 9.53 Å². The molecule has 0 N–H and O–H groups in total. The third-order valence-corrected chi connectivity index (χ3v) is 5.70. The number of methoxy groups -OCH3 is 1. The Bertz CT molecular complexity index is 808. The Hall–Kier alpha value is -2.62. The van der Waals surface area contributed by atoms with E-state index in [1.54, 1.807) is 12.1 Å². The zero-order valence-electron chi connectivity index (χ0n) is 15.8. The van der Waals surface area contributed by atoms with Crippen LogP contribution in [0.25, 0.3) is 0 Å². The Morgan fingerprint density at radius 3 is 2.37 bits per heavy atom. The van der Waals surface area contributed by atoms with Crippen LogP contribution in [-0.4, -0.2) is 23.7 Å². The van der Waals surface area contributed by atoms with Gasteiger partial charge >= 0.3 is 0 Å². The van der Waals surface area contributed by atoms with Crippen molar-refractivity contribution in [3.63, 3.8) is 0 Å². The second kappa shape index (κ2) is 7.95. The second-order valence-electron chi connectivity index (χ2n) is 7.42. The average molecular weight is 362 g/mol. The first kappa shape index (κ1) is 17.8. The maximum Gasteiger partial charge on any atom is 0.246 e. The van der Waals surface area contributed by atoms with Crippen molar-refractivity contribution in [2.75, 3.05) is 7.11 Å². The molecule has 4 rings (SSSR count). The predicted molar refractivity (Wildman–Crippen MR) is 107 cm³/mol. The van der Waals surface area contributed by atoms with Gasteiger partial charge in [0.2, 0.25) is 5.91 Å². The molecule has 1 atom stereocenters. The lowest BCUT2D eigenvalue weighted by Crippen LogP contribution is -2.33. The molecule has 1 aliphatic heterocycles. The van der Waals surface area contributed by atoms with Crippen molar-refractivity contribution in [3.8, 4) is 5.75 Å². The first-order valence-corrected chi connectivity index (χ1v) is 9.86. The number of hydrogen-bond acceptors (Lipinski definition) is 3. The van der Waals surface area contributed by atoms with Gasteiger partial charge in [0.1, 0.15) is 5.75 Å². The molecule has 1 heterocycles. The van der Waals surface area contributed by atoms with Crippen LogP contribution in [0.3, 0.4) is 0 Å². The summed E-state index contributed by atoms with van der Waals surface area (Å²) in [5, 5.41) is 6.58. The monoisotopic (exact) mass is 362 g/mol. The quantitative estimate of drug-likeness (QED) is 0.772. The molecule has 4 nitrogen and oxygen atoms in total. The van der Waals surface area contributed by atoms with Crippen LogP contribution in [0, 0.1) is 5.92 Å². The van der Waals surface area contributed by atoms with Gasteiger partial charge in [0.15, 0.2) is 0 Å². The minimum atomic E-state index is -0.0160. The van der Waals surface area contributed by atoms with Gasteiger partial charge in [-0.25, -0.2) is 5.01 Å². The summed E-state index contributed by atoms with van der Waals surface area (Å²) in [5.74, 6) is 1.13. The van der Waals surface area contributed by atoms with Crippen LogP contribution in [0.2, 0.25) is 0 Å². The molecule has 1 saturated carbocycles. The fourth-order valence-corrected chi connectivity index (χ4v) is 4.14. The smallest absolute Gasteiger partial charge is 0.246 e. The zero-order chi connectivity index (χ0) is 18.6. The van der Waals surface area contributed by atoms with Crippen molar-refractivity contribution in [2.24, 2.45) is 11.0 Å². The van der Waals surface area contributed by atoms with Gasteiger partial charge in [-0.2, -0.15) is 5.10 Å². The minimum Gasteiger partial charge on any atom is -0.497 e. The van der Waals surface area contributed by atoms with E-state index in [2.05, 4.69) is 12.1 Å². The van der Waals surface area contributed by atoms with Crippen LogP contribution in [0.1, 0.15) is 55.7 Å². The first-order valence-electron chi connectivity index (χ1n) is 9.86. The SMILES string of the molecule is COc1ccc(C2=NN(C(=O)C3CCCCC3)[C@H](c3ccccc3)C2)cc1. The predicted octanol–water partition coefficient (Wildman–Crippen LogP) is 4.95. The lowest BCUT2D eigenvalue weighted by atomic mass is 9.88. The summed E-state index contributed by atoms with van der Waals surface area (Å²) in [7, 11) is 1.66. The Labute approximate surface area is 160 Å². The van der Waals surface area contributed by atoms with E-state index in [9.17, 15) is 4.79 Å². The summed E-state index contributed by atoms with van der Waals surface area (Å²) in [6.45, 7) is 0. The van der Waals surface area contributed by atoms with Crippen molar-refractivity contribution in [1.29, 1.82) is 0 Å². The standard InChI is InChI=1S/C23H26N2O2/c1-27-20-14-12-17(13-15-20)21-16-22(18-8-4-2-5-9-18)25(24-21)23(26)19-10-6-3-7-11-19/h2,4-5,8-9,12-15,19,22H,3,6-7,10-11,16H2,1H3/t22-/m0/s1. The van der Waals surface area contributed by atoms with Crippen molar-refractivity contribution in [2.45, 2.75) is 44.6 Å². The molecule has 1 fully saturated rings. The highest BCUT2D eigenvalue weighted by molar-refractivity contribution is 6.03. The van der Waals surface area contributed by atoms with Gasteiger partial charge in [-0.3, -0.25) is 4.79 Å². The van der Waals surface area contributed by atoms with Gasteiger partial charge in [-0.05, 0) is 48.2 Å². The summed E-state index contributed by atoms with van der Waals surface area (Å²) < 4.78 is 5.26. The zero-order valence-corrected chi connectivity index (χ0v) is 15.8. The second-order valence-corrected chi connectivity index (χ2v) is 7.42. The first-order chi connectivity index (χ1) is 13.3. The third kappa shape index (κ3) is 3.75. The Kier molecular flexibility index (Phi) is 5.23. The van der Waals surface area contributed by atoms with E-state index in [4.69, 9.17) is 9.84 Å². The van der Waals surface area contributed by atoms with Crippen LogP contribution in [0.4, 0.5) is 0 Å². The lowest BCUT2D eigenvalue weighted by Gasteiger charge is -2.28. The van der Waals surface area contributed by atoms with Gasteiger partial charge in [0, 0.05) is 12.3 Å². The third-order valence-electron chi connectivity index (χ3n) is 5.70. The normalized spacial score (nSPS) is 20.4. The molecule has 27 heavy (non-hydrogen) atoms. The molecule has 2 aromatic rings. The van der Waals surface area contributed by atoms with Crippen LogP contribution >= 0.6 is 0 Å². The van der Waals surface area contributed by atoms with E-state index >= 15 is 0 Å². The average Bonchev–Trinajstić information content (AvgIpc) is 3.20. The molecule has 0 unspecified atom stereocenters. The summed E-state index contributed by atoms with van der Waals surface area (Å²) in [6.07, 6.45) is 6.26. The number of carbonyl (C=O) groups is 1. The number of benzene rings is 2. The van der Waals surface area contributed by atoms with Gasteiger partial charge < -0.3 is 4.74 Å². The molecule has 0 saturated heterocycles. The number of rotatable bonds is 4. The molecule has 4 heteroatoms. The molecule has 0 aromatic heterocycles. The number of carbonyl (C=O) groups excluding carboxylic acids is 1. The van der Waals surface area contributed by atoms with E-state index in [0.29, 0.717) is 0 Å². The van der Waals surface area contributed by atoms with Crippen LogP contribution < -0.4 is 4.74 Å². The lowest BCUT2D eigenvalue weighted by molar-refractivity contribution is -0.138. The highest BCUT2D eigenvalue weighted by Gasteiger charge is 2.36. The minimum absolute atomic E-state index is 0.0160. The molecule has 2 aliphatic rings. The van der Waals surface area contributed by atoms with E-state index < -0.39 is 0 Å². The number of amides is 1. The molecule has 0 radical (unpaired) electrons. The largest absolute Gasteiger partial charge is 0.497 e. The molecule has 140 valence electrons. The summed E-state index contributed by atoms with van der Waals surface area (Å²) in [5.41, 5.74) is 3.17. The molecule has 1 amide bonds. The molecular formula is C23H26N2O2. The molecule has 0 bridgehead atoms. The van der Waals surface area contributed by atoms with E-state index in [1.807, 2.05) is 42.5 Å². The van der Waals surface area contributed by atoms with Crippen LogP contribution in [-0.2, 0) is 4.79 Å². The highest BCUT2D eigenvalue weighted by atomic mass is 16.5. The summed E-state index contributed by atoms with van der Waals surface area (Å²) in [4.78, 5) is 13.3. The van der Waals surface area contributed by atoms with Gasteiger partial charge in [-0.15, -0.1) is 0 Å². The topological polar surface area (TPSA) is 41.9 Å². The van der Waals surface area contributed by atoms with Gasteiger partial charge in [-0.1, -0.05) is 49.6 Å². The summed E-state index contributed by atoms with van der Waals surface area (Å²) in [6, 6.07) is 18.2. The van der Waals surface area contributed by atoms with Crippen molar-refractivity contribution in [1.82, 2.24) is 5.01 Å².